The maximum absolute atomic E-state index is 13.1. The number of imide groups is 1. The minimum Gasteiger partial charge on any atom is -0.478 e. The van der Waals surface area contributed by atoms with Crippen LogP contribution >= 0.6 is 0 Å². The van der Waals surface area contributed by atoms with E-state index in [0.29, 0.717) is 10.6 Å². The van der Waals surface area contributed by atoms with Crippen LogP contribution in [-0.2, 0) is 40.1 Å². The maximum atomic E-state index is 13.1. The Morgan fingerprint density at radius 2 is 1.44 bits per heavy atom. The molecule has 1 aliphatic carbocycles. The fraction of sp³-hybridized carbons (Fsp3) is 0.385. The number of carboxylic acids is 1. The van der Waals surface area contributed by atoms with E-state index < -0.39 is 23.8 Å². The average Bonchev–Trinajstić information content (AvgIpc) is 3.40. The summed E-state index contributed by atoms with van der Waals surface area (Å²) in [6.07, 6.45) is 11.1. The number of benzene rings is 3. The van der Waals surface area contributed by atoms with Crippen LogP contribution in [0.1, 0.15) is 112 Å². The molecule has 4 aliphatic heterocycles. The molecule has 5 aliphatic rings. The molecule has 2 amide bonds. The Labute approximate surface area is 278 Å². The van der Waals surface area contributed by atoms with Crippen molar-refractivity contribution in [3.63, 3.8) is 0 Å². The Kier molecular flexibility index (Phi) is 7.57. The summed E-state index contributed by atoms with van der Waals surface area (Å²) in [6, 6.07) is 8.79. The number of nitrogens with zero attached hydrogens (tertiary/aromatic N) is 2. The number of fused-ring (bicyclic) bond motifs is 6. The van der Waals surface area contributed by atoms with Crippen LogP contribution in [0.4, 0.5) is 5.69 Å². The van der Waals surface area contributed by atoms with Gasteiger partial charge in [0.2, 0.25) is 0 Å². The van der Waals surface area contributed by atoms with Gasteiger partial charge in [-0.2, -0.15) is 0 Å². The van der Waals surface area contributed by atoms with E-state index in [1.54, 1.807) is 6.07 Å². The number of rotatable bonds is 4. The topological polar surface area (TPSA) is 113 Å². The Morgan fingerprint density at radius 3 is 2.21 bits per heavy atom. The summed E-state index contributed by atoms with van der Waals surface area (Å²) in [6.45, 7) is 6.57. The van der Waals surface area contributed by atoms with Gasteiger partial charge in [-0.15, -0.1) is 5.06 Å². The highest BCUT2D eigenvalue weighted by molar-refractivity contribution is 6.04. The van der Waals surface area contributed by atoms with Gasteiger partial charge < -0.3 is 19.6 Å². The zero-order valence-corrected chi connectivity index (χ0v) is 27.0. The van der Waals surface area contributed by atoms with E-state index in [4.69, 9.17) is 9.57 Å². The molecule has 1 fully saturated rings. The van der Waals surface area contributed by atoms with Gasteiger partial charge in [0.25, 0.3) is 11.8 Å². The van der Waals surface area contributed by atoms with E-state index in [9.17, 15) is 24.3 Å². The number of hydrogen-bond donors (Lipinski definition) is 1. The summed E-state index contributed by atoms with van der Waals surface area (Å²) in [4.78, 5) is 58.0. The molecule has 0 radical (unpaired) electrons. The van der Waals surface area contributed by atoms with Gasteiger partial charge in [-0.3, -0.25) is 9.59 Å². The first-order valence-corrected chi connectivity index (χ1v) is 17.3. The van der Waals surface area contributed by atoms with Crippen molar-refractivity contribution in [1.29, 1.82) is 0 Å². The van der Waals surface area contributed by atoms with Crippen LogP contribution < -0.4 is 20.1 Å². The van der Waals surface area contributed by atoms with Crippen molar-refractivity contribution < 1.29 is 33.9 Å². The lowest BCUT2D eigenvalue weighted by Crippen LogP contribution is -2.35. The summed E-state index contributed by atoms with van der Waals surface area (Å²) < 4.78 is 7.04. The van der Waals surface area contributed by atoms with Crippen LogP contribution in [0.2, 0.25) is 0 Å². The summed E-state index contributed by atoms with van der Waals surface area (Å²) in [5.41, 5.74) is 7.89. The van der Waals surface area contributed by atoms with Crippen LogP contribution in [0, 0.1) is 0 Å². The van der Waals surface area contributed by atoms with Gasteiger partial charge in [-0.25, -0.2) is 9.59 Å². The quantitative estimate of drug-likeness (QED) is 0.304. The van der Waals surface area contributed by atoms with Crippen molar-refractivity contribution in [1.82, 2.24) is 5.06 Å². The molecule has 48 heavy (non-hydrogen) atoms. The van der Waals surface area contributed by atoms with E-state index in [0.717, 1.165) is 121 Å². The molecule has 246 valence electrons. The van der Waals surface area contributed by atoms with Gasteiger partial charge in [0.1, 0.15) is 11.5 Å². The maximum Gasteiger partial charge on any atom is 0.363 e. The Bertz CT molecular complexity index is 2030. The lowest BCUT2D eigenvalue weighted by Gasteiger charge is -2.39. The molecule has 1 N–H and O–H groups in total. The molecular formula is C39H38N2O7. The number of ether oxygens (including phenoxy) is 1. The Hall–Kier alpha value is -4.92. The van der Waals surface area contributed by atoms with Crippen LogP contribution in [-0.4, -0.2) is 47.0 Å². The minimum atomic E-state index is -1.20. The molecule has 0 spiro atoms. The lowest BCUT2D eigenvalue weighted by atomic mass is 9.81. The van der Waals surface area contributed by atoms with E-state index in [-0.39, 0.29) is 24.0 Å². The normalized spacial score (nSPS) is 18.5. The molecule has 1 saturated heterocycles. The second-order valence-electron chi connectivity index (χ2n) is 13.6. The third-order valence-corrected chi connectivity index (χ3v) is 10.6. The predicted octanol–water partition coefficient (Wildman–Crippen LogP) is 5.12. The second kappa shape index (κ2) is 12.0. The molecule has 0 aromatic heterocycles. The van der Waals surface area contributed by atoms with Crippen molar-refractivity contribution in [3.05, 3.63) is 85.3 Å². The number of anilines is 1. The number of carbonyl (C=O) groups excluding carboxylic acids is 3. The third-order valence-electron chi connectivity index (χ3n) is 10.6. The molecule has 0 atom stereocenters. The van der Waals surface area contributed by atoms with Gasteiger partial charge in [-0.1, -0.05) is 31.9 Å². The molecule has 3 aromatic carbocycles. The van der Waals surface area contributed by atoms with Crippen LogP contribution in [0.5, 0.6) is 11.5 Å². The summed E-state index contributed by atoms with van der Waals surface area (Å²) in [5.74, 6) is -1.84. The molecule has 0 saturated carbocycles. The van der Waals surface area contributed by atoms with Crippen molar-refractivity contribution >= 4 is 41.6 Å². The van der Waals surface area contributed by atoms with Gasteiger partial charge in [0, 0.05) is 59.1 Å². The summed E-state index contributed by atoms with van der Waals surface area (Å²) in [5, 5.41) is 13.0. The molecule has 4 heterocycles. The fourth-order valence-electron chi connectivity index (χ4n) is 8.29. The summed E-state index contributed by atoms with van der Waals surface area (Å²) in [7, 11) is 0. The van der Waals surface area contributed by atoms with Gasteiger partial charge >= 0.3 is 11.9 Å². The van der Waals surface area contributed by atoms with Crippen LogP contribution in [0.25, 0.3) is 12.2 Å². The van der Waals surface area contributed by atoms with Crippen LogP contribution in [0.3, 0.4) is 0 Å². The highest BCUT2D eigenvalue weighted by Crippen LogP contribution is 2.48. The standard InChI is InChI=1S/C39H38N2O7/c1-22-23-9-5-3-2-4-6-11-26(22)36-30(19-23)34(31-20-24-10-7-17-40-18-8-12-28(35(24)40)37(31)47-36)27-14-13-25(21-29(27)38(44)45)39(46)48-41-32(42)15-16-33(41)43/h13-14,19-21H,1-12,15-18H2,(H,44,45). The Balaban J connectivity index is 1.38. The Morgan fingerprint density at radius 1 is 0.750 bits per heavy atom. The average molecular weight is 647 g/mol. The number of carboxylic acid groups (broad SMARTS) is 1. The minimum absolute atomic E-state index is 0.0347. The SMILES string of the molecule is C=c1c2cc3c(c1CCCCCCC2)Oc1c(cc2c4c1CCCN4CCC2)C=3c1ccc(C(=O)ON2C(=O)CCC2=O)cc1C(=O)O. The first-order chi connectivity index (χ1) is 23.3. The number of hydrogen-bond acceptors (Lipinski definition) is 7. The first kappa shape index (κ1) is 30.4. The van der Waals surface area contributed by atoms with E-state index in [1.165, 1.54) is 35.4 Å². The largest absolute Gasteiger partial charge is 0.478 e. The molecule has 9 nitrogen and oxygen atoms in total. The monoisotopic (exact) mass is 646 g/mol. The molecule has 8 rings (SSSR count). The van der Waals surface area contributed by atoms with Gasteiger partial charge in [0.15, 0.2) is 0 Å². The molecular weight excluding hydrogens is 608 g/mol. The predicted molar refractivity (Wildman–Crippen MR) is 179 cm³/mol. The smallest absolute Gasteiger partial charge is 0.363 e. The number of aryl methyl sites for hydroxylation is 2. The number of aromatic carboxylic acids is 1. The van der Waals surface area contributed by atoms with E-state index >= 15 is 0 Å². The van der Waals surface area contributed by atoms with E-state index in [1.807, 2.05) is 0 Å². The van der Waals surface area contributed by atoms with Crippen LogP contribution in [0.15, 0.2) is 30.3 Å². The van der Waals surface area contributed by atoms with Crippen molar-refractivity contribution in [2.75, 3.05) is 18.0 Å². The highest BCUT2D eigenvalue weighted by Gasteiger charge is 2.36. The molecule has 2 bridgehead atoms. The number of hydroxylamine groups is 2. The van der Waals surface area contributed by atoms with Crippen molar-refractivity contribution in [2.45, 2.75) is 83.5 Å². The highest BCUT2D eigenvalue weighted by atomic mass is 16.7. The molecule has 0 unspecified atom stereocenters. The zero-order valence-electron chi connectivity index (χ0n) is 27.0. The summed E-state index contributed by atoms with van der Waals surface area (Å²) >= 11 is 0. The molecule has 9 heteroatoms. The van der Waals surface area contributed by atoms with Gasteiger partial charge in [0.05, 0.1) is 11.1 Å². The number of amides is 2. The first-order valence-electron chi connectivity index (χ1n) is 17.3. The fourth-order valence-corrected chi connectivity index (χ4v) is 8.29. The van der Waals surface area contributed by atoms with Crippen molar-refractivity contribution in [3.8, 4) is 11.5 Å². The number of carbonyl (C=O) groups is 4. The second-order valence-corrected chi connectivity index (χ2v) is 13.6. The van der Waals surface area contributed by atoms with Crippen molar-refractivity contribution in [2.24, 2.45) is 0 Å². The zero-order chi connectivity index (χ0) is 33.1. The lowest BCUT2D eigenvalue weighted by molar-refractivity contribution is -0.172. The third kappa shape index (κ3) is 4.98. The molecule has 3 aromatic rings. The van der Waals surface area contributed by atoms with Gasteiger partial charge in [-0.05, 0) is 97.5 Å². The van der Waals surface area contributed by atoms with E-state index in [2.05, 4.69) is 23.6 Å².